The van der Waals surface area contributed by atoms with Gasteiger partial charge in [0.1, 0.15) is 5.75 Å². The summed E-state index contributed by atoms with van der Waals surface area (Å²) in [6, 6.07) is 17.3. The first kappa shape index (κ1) is 22.1. The Morgan fingerprint density at radius 1 is 0.971 bits per heavy atom. The highest BCUT2D eigenvalue weighted by Gasteiger charge is 2.20. The van der Waals surface area contributed by atoms with E-state index in [-0.39, 0.29) is 12.0 Å². The van der Waals surface area contributed by atoms with E-state index in [0.29, 0.717) is 37.2 Å². The topological polar surface area (TPSA) is 79.7 Å². The molecular formula is C28H32N2O4. The van der Waals surface area contributed by atoms with Crippen LogP contribution in [0.2, 0.25) is 0 Å². The van der Waals surface area contributed by atoms with Crippen molar-refractivity contribution >= 4 is 11.9 Å². The van der Waals surface area contributed by atoms with Crippen molar-refractivity contribution in [2.45, 2.75) is 52.1 Å². The molecule has 0 saturated carbocycles. The fourth-order valence-electron chi connectivity index (χ4n) is 3.45. The molecule has 0 atom stereocenters. The first-order chi connectivity index (χ1) is 17.2. The lowest BCUT2D eigenvalue weighted by Gasteiger charge is -2.28. The molecule has 0 aliphatic rings. The molecule has 0 aliphatic heterocycles. The molecule has 3 aromatic rings. The van der Waals surface area contributed by atoms with E-state index < -0.39 is 24.4 Å². The van der Waals surface area contributed by atoms with Crippen LogP contribution in [-0.4, -0.2) is 39.5 Å². The molecule has 34 heavy (non-hydrogen) atoms. The molecule has 6 heteroatoms. The Morgan fingerprint density at radius 3 is 2.32 bits per heavy atom. The van der Waals surface area contributed by atoms with Crippen LogP contribution in [0.3, 0.4) is 0 Å². The number of rotatable bonds is 12. The van der Waals surface area contributed by atoms with Crippen molar-refractivity contribution in [3.05, 3.63) is 84.2 Å². The quantitative estimate of drug-likeness (QED) is 0.343. The number of nitrogens with zero attached hydrogens (tertiary/aromatic N) is 2. The lowest BCUT2D eigenvalue weighted by atomic mass is 10.0. The summed E-state index contributed by atoms with van der Waals surface area (Å²) in [6.07, 6.45) is 5.46. The predicted octanol–water partition coefficient (Wildman–Crippen LogP) is 5.82. The largest absolute Gasteiger partial charge is 0.493 e. The van der Waals surface area contributed by atoms with Gasteiger partial charge >= 0.3 is 5.97 Å². The molecule has 178 valence electrons. The van der Waals surface area contributed by atoms with Gasteiger partial charge < -0.3 is 14.7 Å². The Labute approximate surface area is 204 Å². The molecule has 1 heterocycles. The zero-order chi connectivity index (χ0) is 26.1. The number of carboxylic acid groups (broad SMARTS) is 1. The number of aromatic nitrogens is 1. The van der Waals surface area contributed by atoms with Crippen LogP contribution >= 0.6 is 0 Å². The third-order valence-electron chi connectivity index (χ3n) is 5.30. The first-order valence-electron chi connectivity index (χ1n) is 12.5. The monoisotopic (exact) mass is 462 g/mol. The molecule has 1 amide bonds. The van der Waals surface area contributed by atoms with E-state index in [1.54, 1.807) is 62.6 Å². The van der Waals surface area contributed by atoms with Gasteiger partial charge in [0.2, 0.25) is 0 Å². The number of ether oxygens (including phenoxy) is 1. The SMILES string of the molecule is [2H]C([2H])(c1ccccc1OCCCCCC(=O)O)N(C(=O)c1ccc(-c2ccncc2)cc1)C(C)C. The number of hydrogen-bond donors (Lipinski definition) is 1. The molecule has 1 N–H and O–H groups in total. The molecule has 3 rings (SSSR count). The Kier molecular flexibility index (Phi) is 8.16. The molecule has 0 bridgehead atoms. The van der Waals surface area contributed by atoms with Gasteiger partial charge in [-0.05, 0) is 74.6 Å². The Morgan fingerprint density at radius 2 is 1.65 bits per heavy atom. The molecule has 0 radical (unpaired) electrons. The van der Waals surface area contributed by atoms with Crippen LogP contribution in [0.25, 0.3) is 11.1 Å². The second-order valence-corrected chi connectivity index (χ2v) is 8.24. The van der Waals surface area contributed by atoms with Gasteiger partial charge in [-0.1, -0.05) is 30.3 Å². The molecule has 1 aromatic heterocycles. The van der Waals surface area contributed by atoms with Crippen molar-refractivity contribution in [1.82, 2.24) is 9.88 Å². The highest BCUT2D eigenvalue weighted by Crippen LogP contribution is 2.24. The van der Waals surface area contributed by atoms with Crippen molar-refractivity contribution < 1.29 is 22.2 Å². The normalized spacial score (nSPS) is 12.1. The van der Waals surface area contributed by atoms with Crippen LogP contribution in [-0.2, 0) is 11.3 Å². The van der Waals surface area contributed by atoms with E-state index in [2.05, 4.69) is 4.98 Å². The van der Waals surface area contributed by atoms with Gasteiger partial charge in [0.05, 0.1) is 9.35 Å². The van der Waals surface area contributed by atoms with Gasteiger partial charge in [-0.15, -0.1) is 0 Å². The minimum atomic E-state index is -2.13. The van der Waals surface area contributed by atoms with Crippen molar-refractivity contribution in [3.8, 4) is 16.9 Å². The van der Waals surface area contributed by atoms with Crippen molar-refractivity contribution in [2.24, 2.45) is 0 Å². The maximum atomic E-state index is 13.5. The summed E-state index contributed by atoms with van der Waals surface area (Å²) in [6.45, 7) is 1.77. The molecule has 0 aliphatic carbocycles. The van der Waals surface area contributed by atoms with E-state index in [0.717, 1.165) is 11.1 Å². The van der Waals surface area contributed by atoms with Crippen LogP contribution < -0.4 is 4.74 Å². The molecule has 0 fully saturated rings. The number of benzene rings is 2. The predicted molar refractivity (Wildman–Crippen MR) is 133 cm³/mol. The number of hydrogen-bond acceptors (Lipinski definition) is 4. The van der Waals surface area contributed by atoms with Crippen LogP contribution in [0.1, 0.15) is 58.2 Å². The third kappa shape index (κ3) is 7.17. The smallest absolute Gasteiger partial charge is 0.303 e. The summed E-state index contributed by atoms with van der Waals surface area (Å²) < 4.78 is 23.8. The summed E-state index contributed by atoms with van der Waals surface area (Å²) in [5, 5.41) is 8.76. The van der Waals surface area contributed by atoms with Gasteiger partial charge in [-0.25, -0.2) is 0 Å². The summed E-state index contributed by atoms with van der Waals surface area (Å²) in [5.41, 5.74) is 2.58. The molecule has 2 aromatic carbocycles. The zero-order valence-corrected chi connectivity index (χ0v) is 19.6. The molecule has 0 unspecified atom stereocenters. The second kappa shape index (κ2) is 12.5. The van der Waals surface area contributed by atoms with E-state index in [1.165, 1.54) is 4.90 Å². The lowest BCUT2D eigenvalue weighted by Crippen LogP contribution is -2.36. The number of carboxylic acids is 1. The maximum absolute atomic E-state index is 13.5. The van der Waals surface area contributed by atoms with Crippen molar-refractivity contribution in [3.63, 3.8) is 0 Å². The Hall–Kier alpha value is -3.67. The van der Waals surface area contributed by atoms with Crippen LogP contribution in [0.15, 0.2) is 73.1 Å². The highest BCUT2D eigenvalue weighted by molar-refractivity contribution is 5.95. The summed E-state index contributed by atoms with van der Waals surface area (Å²) >= 11 is 0. The Balaban J connectivity index is 1.78. The van der Waals surface area contributed by atoms with Crippen molar-refractivity contribution in [1.29, 1.82) is 0 Å². The van der Waals surface area contributed by atoms with Crippen molar-refractivity contribution in [2.75, 3.05) is 6.61 Å². The van der Waals surface area contributed by atoms with E-state index in [1.807, 2.05) is 24.3 Å². The first-order valence-corrected chi connectivity index (χ1v) is 11.5. The number of amides is 1. The molecule has 6 nitrogen and oxygen atoms in total. The van der Waals surface area contributed by atoms with Gasteiger partial charge in [0.25, 0.3) is 5.91 Å². The number of carbonyl (C=O) groups is 2. The molecule has 0 spiro atoms. The average Bonchev–Trinajstić information content (AvgIpc) is 2.86. The number of pyridine rings is 1. The number of aliphatic carboxylic acids is 1. The average molecular weight is 463 g/mol. The van der Waals surface area contributed by atoms with Crippen LogP contribution in [0, 0.1) is 0 Å². The Bertz CT molecular complexity index is 1150. The third-order valence-corrected chi connectivity index (χ3v) is 5.30. The molecule has 0 saturated heterocycles. The minimum absolute atomic E-state index is 0.119. The number of carbonyl (C=O) groups excluding carboxylic acids is 1. The van der Waals surface area contributed by atoms with E-state index in [9.17, 15) is 9.59 Å². The lowest BCUT2D eigenvalue weighted by molar-refractivity contribution is -0.137. The van der Waals surface area contributed by atoms with Gasteiger partial charge in [-0.3, -0.25) is 14.6 Å². The van der Waals surface area contributed by atoms with Crippen LogP contribution in [0.5, 0.6) is 5.75 Å². The van der Waals surface area contributed by atoms with E-state index in [4.69, 9.17) is 12.6 Å². The number of para-hydroxylation sites is 1. The zero-order valence-electron chi connectivity index (χ0n) is 21.6. The summed E-state index contributed by atoms with van der Waals surface area (Å²) in [4.78, 5) is 29.5. The highest BCUT2D eigenvalue weighted by atomic mass is 16.5. The second-order valence-electron chi connectivity index (χ2n) is 8.24. The van der Waals surface area contributed by atoms with E-state index >= 15 is 0 Å². The number of unbranched alkanes of at least 4 members (excludes halogenated alkanes) is 2. The summed E-state index contributed by atoms with van der Waals surface area (Å²) in [5.74, 6) is -0.869. The fourth-order valence-corrected chi connectivity index (χ4v) is 3.45. The van der Waals surface area contributed by atoms with Gasteiger partial charge in [-0.2, -0.15) is 0 Å². The minimum Gasteiger partial charge on any atom is -0.493 e. The molecular weight excluding hydrogens is 428 g/mol. The van der Waals surface area contributed by atoms with Crippen LogP contribution in [0.4, 0.5) is 0 Å². The van der Waals surface area contributed by atoms with Gasteiger partial charge in [0, 0.05) is 42.5 Å². The summed E-state index contributed by atoms with van der Waals surface area (Å²) in [7, 11) is 0. The maximum Gasteiger partial charge on any atom is 0.303 e. The standard InChI is InChI=1S/C28H32N2O4/c1-21(2)30(28(33)24-13-11-22(12-14-24)23-15-17-29-18-16-23)20-25-8-5-6-9-26(25)34-19-7-3-4-10-27(31)32/h5-6,8-9,11-18,21H,3-4,7,10,19-20H2,1-2H3,(H,31,32)/i20D2. The van der Waals surface area contributed by atoms with Gasteiger partial charge in [0.15, 0.2) is 0 Å². The fraction of sp³-hybridized carbons (Fsp3) is 0.321.